The van der Waals surface area contributed by atoms with Crippen LogP contribution >= 0.6 is 0 Å². The van der Waals surface area contributed by atoms with Crippen molar-refractivity contribution in [3.8, 4) is 11.1 Å². The van der Waals surface area contributed by atoms with Crippen LogP contribution in [0.2, 0.25) is 0 Å². The van der Waals surface area contributed by atoms with E-state index in [1.807, 2.05) is 19.1 Å². The molecule has 0 aliphatic heterocycles. The molecule has 1 fully saturated rings. The van der Waals surface area contributed by atoms with Crippen molar-refractivity contribution in [3.05, 3.63) is 48.3 Å². The van der Waals surface area contributed by atoms with Crippen LogP contribution < -0.4 is 16.8 Å². The predicted molar refractivity (Wildman–Crippen MR) is 115 cm³/mol. The van der Waals surface area contributed by atoms with Gasteiger partial charge in [-0.25, -0.2) is 4.98 Å². The van der Waals surface area contributed by atoms with Crippen molar-refractivity contribution in [2.75, 3.05) is 11.1 Å². The second kappa shape index (κ2) is 6.55. The standard InChI is InChI=1S/C22H20N6O2/c1-10-2-19-13(8-26-28-19)4-14(10)11-3-12-6-20(25-9-17(12)18(23)5-11)27-22(30)16-7-15(16)21(24)29/h2-6,8-9,15-16H,7,23H2,1H3,(H2,24,29)(H,26,28)(H,25,27,30)/t15-,16?/m1/s1. The summed E-state index contributed by atoms with van der Waals surface area (Å²) in [6, 6.07) is 9.88. The first-order valence-corrected chi connectivity index (χ1v) is 9.64. The van der Waals surface area contributed by atoms with Gasteiger partial charge in [-0.15, -0.1) is 0 Å². The number of primary amides is 1. The van der Waals surface area contributed by atoms with Crippen molar-refractivity contribution < 1.29 is 9.59 Å². The monoisotopic (exact) mass is 400 g/mol. The van der Waals surface area contributed by atoms with E-state index in [0.717, 1.165) is 38.4 Å². The second-order valence-electron chi connectivity index (χ2n) is 7.82. The number of hydrogen-bond acceptors (Lipinski definition) is 5. The number of anilines is 2. The first kappa shape index (κ1) is 18.1. The van der Waals surface area contributed by atoms with E-state index in [1.165, 1.54) is 0 Å². The van der Waals surface area contributed by atoms with Gasteiger partial charge >= 0.3 is 0 Å². The van der Waals surface area contributed by atoms with Crippen molar-refractivity contribution in [2.45, 2.75) is 13.3 Å². The fourth-order valence-electron chi connectivity index (χ4n) is 3.94. The number of nitrogens with zero attached hydrogens (tertiary/aromatic N) is 2. The molecule has 1 aliphatic carbocycles. The zero-order valence-corrected chi connectivity index (χ0v) is 16.3. The van der Waals surface area contributed by atoms with E-state index in [-0.39, 0.29) is 17.7 Å². The summed E-state index contributed by atoms with van der Waals surface area (Å²) < 4.78 is 0. The summed E-state index contributed by atoms with van der Waals surface area (Å²) in [6.45, 7) is 2.04. The number of aromatic amines is 1. The maximum Gasteiger partial charge on any atom is 0.229 e. The normalized spacial score (nSPS) is 17.9. The number of aryl methyl sites for hydroxylation is 1. The molecule has 1 unspecified atom stereocenters. The summed E-state index contributed by atoms with van der Waals surface area (Å²) in [4.78, 5) is 27.8. The number of rotatable bonds is 4. The quantitative estimate of drug-likeness (QED) is 0.390. The van der Waals surface area contributed by atoms with E-state index in [9.17, 15) is 9.59 Å². The molecule has 0 bridgehead atoms. The number of nitrogen functional groups attached to an aromatic ring is 1. The largest absolute Gasteiger partial charge is 0.398 e. The molecule has 2 aromatic heterocycles. The van der Waals surface area contributed by atoms with Crippen molar-refractivity contribution in [1.29, 1.82) is 0 Å². The van der Waals surface area contributed by atoms with Crippen LogP contribution in [-0.2, 0) is 9.59 Å². The van der Waals surface area contributed by atoms with E-state index in [2.05, 4.69) is 32.6 Å². The van der Waals surface area contributed by atoms with Crippen molar-refractivity contribution in [2.24, 2.45) is 17.6 Å². The number of nitrogens with one attached hydrogen (secondary N) is 2. The Hall–Kier alpha value is -3.94. The molecule has 30 heavy (non-hydrogen) atoms. The molecular weight excluding hydrogens is 380 g/mol. The minimum atomic E-state index is -0.441. The molecule has 2 atom stereocenters. The van der Waals surface area contributed by atoms with E-state index in [1.54, 1.807) is 18.5 Å². The second-order valence-corrected chi connectivity index (χ2v) is 7.82. The van der Waals surface area contributed by atoms with Gasteiger partial charge in [-0.1, -0.05) is 0 Å². The van der Waals surface area contributed by atoms with Gasteiger partial charge in [0.2, 0.25) is 11.8 Å². The SMILES string of the molecule is Cc1cc2[nH]ncc2cc1-c1cc(N)c2cnc(NC(=O)C3C[C@H]3C(N)=O)cc2c1. The predicted octanol–water partition coefficient (Wildman–Crippen LogP) is 2.73. The van der Waals surface area contributed by atoms with Gasteiger partial charge in [0.1, 0.15) is 5.82 Å². The summed E-state index contributed by atoms with van der Waals surface area (Å²) in [5, 5.41) is 12.5. The van der Waals surface area contributed by atoms with Gasteiger partial charge < -0.3 is 16.8 Å². The Morgan fingerprint density at radius 3 is 2.70 bits per heavy atom. The third-order valence-corrected chi connectivity index (χ3v) is 5.71. The lowest BCUT2D eigenvalue weighted by Crippen LogP contribution is -2.21. The Kier molecular flexibility index (Phi) is 3.95. The number of hydrogen-bond donors (Lipinski definition) is 4. The lowest BCUT2D eigenvalue weighted by Gasteiger charge is -2.11. The average Bonchev–Trinajstić information content (AvgIpc) is 3.40. The highest BCUT2D eigenvalue weighted by molar-refractivity contribution is 6.02. The average molecular weight is 400 g/mol. The third kappa shape index (κ3) is 3.02. The molecule has 8 heteroatoms. The number of amides is 2. The van der Waals surface area contributed by atoms with Crippen LogP contribution in [0.1, 0.15) is 12.0 Å². The van der Waals surface area contributed by atoms with Crippen LogP contribution in [0.4, 0.5) is 11.5 Å². The van der Waals surface area contributed by atoms with Gasteiger partial charge in [-0.05, 0) is 65.8 Å². The Labute approximate surface area is 171 Å². The smallest absolute Gasteiger partial charge is 0.229 e. The fourth-order valence-corrected chi connectivity index (χ4v) is 3.94. The summed E-state index contributed by atoms with van der Waals surface area (Å²) in [5.41, 5.74) is 16.3. The number of pyridine rings is 1. The number of nitrogens with two attached hydrogens (primary N) is 2. The fraction of sp³-hybridized carbons (Fsp3) is 0.182. The number of fused-ring (bicyclic) bond motifs is 2. The molecular formula is C22H20N6O2. The maximum absolute atomic E-state index is 12.3. The highest BCUT2D eigenvalue weighted by Gasteiger charge is 2.47. The zero-order chi connectivity index (χ0) is 21.0. The van der Waals surface area contributed by atoms with Gasteiger partial charge in [-0.2, -0.15) is 5.10 Å². The van der Waals surface area contributed by atoms with E-state index >= 15 is 0 Å². The minimum Gasteiger partial charge on any atom is -0.398 e. The van der Waals surface area contributed by atoms with Gasteiger partial charge in [0.05, 0.1) is 23.5 Å². The zero-order valence-electron chi connectivity index (χ0n) is 16.3. The van der Waals surface area contributed by atoms with Crippen molar-refractivity contribution >= 4 is 45.0 Å². The van der Waals surface area contributed by atoms with Crippen LogP contribution in [0.15, 0.2) is 42.7 Å². The summed E-state index contributed by atoms with van der Waals surface area (Å²) in [6.07, 6.45) is 3.92. The highest BCUT2D eigenvalue weighted by atomic mass is 16.2. The summed E-state index contributed by atoms with van der Waals surface area (Å²) in [5.74, 6) is -1.02. The van der Waals surface area contributed by atoms with Crippen LogP contribution in [-0.4, -0.2) is 27.0 Å². The molecule has 8 nitrogen and oxygen atoms in total. The molecule has 150 valence electrons. The lowest BCUT2D eigenvalue weighted by molar-refractivity contribution is -0.123. The van der Waals surface area contributed by atoms with E-state index in [4.69, 9.17) is 11.5 Å². The first-order chi connectivity index (χ1) is 14.4. The number of carbonyl (C=O) groups excluding carboxylic acids is 2. The molecule has 4 aromatic rings. The van der Waals surface area contributed by atoms with E-state index < -0.39 is 5.91 Å². The number of benzene rings is 2. The lowest BCUT2D eigenvalue weighted by atomic mass is 9.96. The topological polar surface area (TPSA) is 140 Å². The summed E-state index contributed by atoms with van der Waals surface area (Å²) in [7, 11) is 0. The minimum absolute atomic E-state index is 0.240. The van der Waals surface area contributed by atoms with Gasteiger partial charge in [0.15, 0.2) is 0 Å². The van der Waals surface area contributed by atoms with Crippen molar-refractivity contribution in [3.63, 3.8) is 0 Å². The molecule has 2 heterocycles. The number of H-pyrrole nitrogens is 1. The Balaban J connectivity index is 1.51. The first-order valence-electron chi connectivity index (χ1n) is 9.64. The van der Waals surface area contributed by atoms with Crippen molar-refractivity contribution in [1.82, 2.24) is 15.2 Å². The molecule has 0 saturated heterocycles. The van der Waals surface area contributed by atoms with Gasteiger partial charge in [-0.3, -0.25) is 14.7 Å². The van der Waals surface area contributed by atoms with E-state index in [0.29, 0.717) is 17.9 Å². The maximum atomic E-state index is 12.3. The molecule has 1 saturated carbocycles. The molecule has 0 radical (unpaired) electrons. The number of carbonyl (C=O) groups is 2. The van der Waals surface area contributed by atoms with Crippen LogP contribution in [0.25, 0.3) is 32.8 Å². The number of aromatic nitrogens is 3. The molecule has 0 spiro atoms. The Bertz CT molecular complexity index is 1340. The molecule has 5 rings (SSSR count). The van der Waals surface area contributed by atoms with Crippen LogP contribution in [0.5, 0.6) is 0 Å². The third-order valence-electron chi connectivity index (χ3n) is 5.71. The highest BCUT2D eigenvalue weighted by Crippen LogP contribution is 2.39. The molecule has 1 aliphatic rings. The molecule has 6 N–H and O–H groups in total. The molecule has 2 aromatic carbocycles. The van der Waals surface area contributed by atoms with Crippen LogP contribution in [0.3, 0.4) is 0 Å². The Morgan fingerprint density at radius 1 is 1.10 bits per heavy atom. The summed E-state index contributed by atoms with van der Waals surface area (Å²) >= 11 is 0. The Morgan fingerprint density at radius 2 is 1.93 bits per heavy atom. The van der Waals surface area contributed by atoms with Crippen LogP contribution in [0, 0.1) is 18.8 Å². The van der Waals surface area contributed by atoms with Gasteiger partial charge in [0, 0.05) is 22.7 Å². The molecule has 2 amide bonds. The van der Waals surface area contributed by atoms with Gasteiger partial charge in [0.25, 0.3) is 0 Å².